The van der Waals surface area contributed by atoms with Crippen LogP contribution in [-0.4, -0.2) is 32.2 Å². The molecule has 0 fully saturated rings. The third kappa shape index (κ3) is 4.34. The van der Waals surface area contributed by atoms with Gasteiger partial charge in [0.15, 0.2) is 0 Å². The molecule has 35 heavy (non-hydrogen) atoms. The number of aryl methyl sites for hydroxylation is 2. The number of nitrogens with one attached hydrogen (secondary N) is 1. The summed E-state index contributed by atoms with van der Waals surface area (Å²) in [5, 5.41) is 17.4. The topological polar surface area (TPSA) is 99.7 Å². The van der Waals surface area contributed by atoms with Gasteiger partial charge < -0.3 is 10.2 Å². The quantitative estimate of drug-likeness (QED) is 0.475. The lowest BCUT2D eigenvalue weighted by Crippen LogP contribution is -2.31. The molecule has 1 aliphatic heterocycles. The van der Waals surface area contributed by atoms with Gasteiger partial charge in [-0.1, -0.05) is 18.2 Å². The fourth-order valence-electron chi connectivity index (χ4n) is 4.35. The Morgan fingerprint density at radius 2 is 2.06 bits per heavy atom. The zero-order valence-corrected chi connectivity index (χ0v) is 19.3. The second-order valence-electron chi connectivity index (χ2n) is 8.39. The van der Waals surface area contributed by atoms with Gasteiger partial charge in [0.05, 0.1) is 29.1 Å². The highest BCUT2D eigenvalue weighted by molar-refractivity contribution is 5.98. The molecule has 4 aromatic rings. The molecule has 0 saturated carbocycles. The molecule has 1 aliphatic rings. The number of anilines is 3. The standard InChI is InChI=1S/C26H22FN7O/c1-16-11-23(33(2)32-16)31-26-29-9-7-22(30-26)19-12-18-8-10-34(25(18)20(13-19)15-28)24(35)14-17-5-3-4-6-21(17)27/h3-7,9,11-13H,8,10,14H2,1-2H3,(H,29,30,31). The van der Waals surface area contributed by atoms with Gasteiger partial charge in [0.1, 0.15) is 17.7 Å². The fourth-order valence-corrected chi connectivity index (χ4v) is 4.35. The van der Waals surface area contributed by atoms with Gasteiger partial charge in [0.25, 0.3) is 0 Å². The molecular weight excluding hydrogens is 445 g/mol. The molecule has 0 bridgehead atoms. The molecule has 0 spiro atoms. The van der Waals surface area contributed by atoms with E-state index in [2.05, 4.69) is 26.5 Å². The van der Waals surface area contributed by atoms with Crippen LogP contribution in [0.2, 0.25) is 0 Å². The molecule has 0 atom stereocenters. The number of nitriles is 1. The Kier molecular flexibility index (Phi) is 5.71. The summed E-state index contributed by atoms with van der Waals surface area (Å²) in [4.78, 5) is 23.5. The molecule has 2 aromatic carbocycles. The SMILES string of the molecule is Cc1cc(Nc2nccc(-c3cc(C#N)c4c(c3)CCN4C(=O)Cc3ccccc3F)n2)n(C)n1. The Hall–Kier alpha value is -4.58. The van der Waals surface area contributed by atoms with Gasteiger partial charge in [-0.25, -0.2) is 14.4 Å². The summed E-state index contributed by atoms with van der Waals surface area (Å²) in [6, 6.07) is 15.8. The molecule has 0 saturated heterocycles. The van der Waals surface area contributed by atoms with Crippen LogP contribution in [0, 0.1) is 24.1 Å². The van der Waals surface area contributed by atoms with Crippen LogP contribution < -0.4 is 10.2 Å². The van der Waals surface area contributed by atoms with Gasteiger partial charge in [-0.3, -0.25) is 9.48 Å². The second kappa shape index (κ2) is 8.99. The van der Waals surface area contributed by atoms with E-state index in [9.17, 15) is 14.4 Å². The number of halogens is 1. The Balaban J connectivity index is 1.44. The third-order valence-electron chi connectivity index (χ3n) is 5.98. The van der Waals surface area contributed by atoms with E-state index >= 15 is 0 Å². The molecule has 1 amide bonds. The van der Waals surface area contributed by atoms with E-state index in [-0.39, 0.29) is 12.3 Å². The summed E-state index contributed by atoms with van der Waals surface area (Å²) in [7, 11) is 1.83. The van der Waals surface area contributed by atoms with Gasteiger partial charge in [0, 0.05) is 31.4 Å². The van der Waals surface area contributed by atoms with Crippen LogP contribution in [0.1, 0.15) is 22.4 Å². The molecule has 9 heteroatoms. The van der Waals surface area contributed by atoms with Gasteiger partial charge in [0.2, 0.25) is 11.9 Å². The zero-order chi connectivity index (χ0) is 24.5. The van der Waals surface area contributed by atoms with Gasteiger partial charge in [-0.05, 0) is 48.7 Å². The van der Waals surface area contributed by atoms with Crippen molar-refractivity contribution >= 4 is 23.4 Å². The maximum absolute atomic E-state index is 14.1. The van der Waals surface area contributed by atoms with Crippen molar-refractivity contribution in [2.45, 2.75) is 19.8 Å². The lowest BCUT2D eigenvalue weighted by atomic mass is 10.0. The number of aromatic nitrogens is 4. The Morgan fingerprint density at radius 1 is 1.23 bits per heavy atom. The first-order valence-electron chi connectivity index (χ1n) is 11.1. The Morgan fingerprint density at radius 3 is 2.80 bits per heavy atom. The van der Waals surface area contributed by atoms with Crippen LogP contribution >= 0.6 is 0 Å². The third-order valence-corrected chi connectivity index (χ3v) is 5.98. The van der Waals surface area contributed by atoms with Gasteiger partial charge in [-0.15, -0.1) is 0 Å². The Bertz CT molecular complexity index is 1490. The van der Waals surface area contributed by atoms with E-state index < -0.39 is 5.82 Å². The molecule has 3 heterocycles. The number of amides is 1. The summed E-state index contributed by atoms with van der Waals surface area (Å²) in [6.07, 6.45) is 2.19. The number of fused-ring (bicyclic) bond motifs is 1. The molecule has 0 aliphatic carbocycles. The van der Waals surface area contributed by atoms with E-state index in [1.165, 1.54) is 6.07 Å². The number of hydrogen-bond donors (Lipinski definition) is 1. The fraction of sp³-hybridized carbons (Fsp3) is 0.192. The Labute approximate surface area is 201 Å². The smallest absolute Gasteiger partial charge is 0.231 e. The second-order valence-corrected chi connectivity index (χ2v) is 8.39. The van der Waals surface area contributed by atoms with Gasteiger partial charge in [-0.2, -0.15) is 10.4 Å². The van der Waals surface area contributed by atoms with Crippen molar-refractivity contribution in [1.82, 2.24) is 19.7 Å². The van der Waals surface area contributed by atoms with Crippen LogP contribution in [0.5, 0.6) is 0 Å². The minimum Gasteiger partial charge on any atom is -0.310 e. The van der Waals surface area contributed by atoms with E-state index in [1.807, 2.05) is 26.1 Å². The van der Waals surface area contributed by atoms with Crippen LogP contribution in [0.25, 0.3) is 11.3 Å². The van der Waals surface area contributed by atoms with E-state index in [0.717, 1.165) is 22.6 Å². The van der Waals surface area contributed by atoms with Crippen LogP contribution in [0.3, 0.4) is 0 Å². The minimum absolute atomic E-state index is 0.0623. The highest BCUT2D eigenvalue weighted by Gasteiger charge is 2.29. The molecule has 2 aromatic heterocycles. The number of carbonyl (C=O) groups excluding carboxylic acids is 1. The van der Waals surface area contributed by atoms with Crippen LogP contribution in [0.15, 0.2) is 54.7 Å². The number of benzene rings is 2. The first kappa shape index (κ1) is 22.2. The highest BCUT2D eigenvalue weighted by atomic mass is 19.1. The first-order chi connectivity index (χ1) is 16.9. The predicted octanol–water partition coefficient (Wildman–Crippen LogP) is 4.07. The zero-order valence-electron chi connectivity index (χ0n) is 19.3. The maximum atomic E-state index is 14.1. The number of rotatable bonds is 5. The maximum Gasteiger partial charge on any atom is 0.231 e. The number of nitrogens with zero attached hydrogens (tertiary/aromatic N) is 6. The molecule has 5 rings (SSSR count). The number of carbonyl (C=O) groups is 1. The van der Waals surface area contributed by atoms with Crippen molar-refractivity contribution in [2.75, 3.05) is 16.8 Å². The van der Waals surface area contributed by atoms with Crippen molar-refractivity contribution in [3.8, 4) is 17.3 Å². The summed E-state index contributed by atoms with van der Waals surface area (Å²) in [5.74, 6) is 0.519. The van der Waals surface area contributed by atoms with Crippen molar-refractivity contribution in [3.05, 3.63) is 82.9 Å². The molecule has 1 N–H and O–H groups in total. The summed E-state index contributed by atoms with van der Waals surface area (Å²) in [6.45, 7) is 2.35. The largest absolute Gasteiger partial charge is 0.310 e. The molecule has 8 nitrogen and oxygen atoms in total. The van der Waals surface area contributed by atoms with E-state index in [1.54, 1.807) is 46.1 Å². The lowest BCUT2D eigenvalue weighted by Gasteiger charge is -2.19. The molecule has 0 radical (unpaired) electrons. The first-order valence-corrected chi connectivity index (χ1v) is 11.1. The van der Waals surface area contributed by atoms with Crippen molar-refractivity contribution in [1.29, 1.82) is 5.26 Å². The van der Waals surface area contributed by atoms with Crippen molar-refractivity contribution < 1.29 is 9.18 Å². The van der Waals surface area contributed by atoms with Crippen molar-refractivity contribution in [3.63, 3.8) is 0 Å². The van der Waals surface area contributed by atoms with Crippen molar-refractivity contribution in [2.24, 2.45) is 7.05 Å². The average molecular weight is 468 g/mol. The monoisotopic (exact) mass is 467 g/mol. The van der Waals surface area contributed by atoms with E-state index in [0.29, 0.717) is 41.4 Å². The minimum atomic E-state index is -0.411. The van der Waals surface area contributed by atoms with Crippen LogP contribution in [0.4, 0.5) is 21.8 Å². The molecule has 0 unspecified atom stereocenters. The highest BCUT2D eigenvalue weighted by Crippen LogP contribution is 2.36. The molecular formula is C26H22FN7O. The van der Waals surface area contributed by atoms with Crippen LogP contribution in [-0.2, 0) is 24.7 Å². The molecule has 174 valence electrons. The predicted molar refractivity (Wildman–Crippen MR) is 130 cm³/mol. The summed E-state index contributed by atoms with van der Waals surface area (Å²) < 4.78 is 15.8. The normalized spacial score (nSPS) is 12.3. The summed E-state index contributed by atoms with van der Waals surface area (Å²) >= 11 is 0. The number of hydrogen-bond acceptors (Lipinski definition) is 6. The lowest BCUT2D eigenvalue weighted by molar-refractivity contribution is -0.117. The average Bonchev–Trinajstić information content (AvgIpc) is 3.42. The van der Waals surface area contributed by atoms with Gasteiger partial charge >= 0.3 is 0 Å². The summed E-state index contributed by atoms with van der Waals surface area (Å²) in [5.41, 5.74) is 4.48. The van der Waals surface area contributed by atoms with E-state index in [4.69, 9.17) is 0 Å².